The lowest BCUT2D eigenvalue weighted by molar-refractivity contribution is -0.133. The fraction of sp³-hybridized carbons (Fsp3) is 0.533. The fourth-order valence-corrected chi connectivity index (χ4v) is 5.03. The lowest BCUT2D eigenvalue weighted by Crippen LogP contribution is -2.40. The Bertz CT molecular complexity index is 1060. The Labute approximate surface area is 231 Å². The van der Waals surface area contributed by atoms with Crippen LogP contribution >= 0.6 is 11.6 Å². The van der Waals surface area contributed by atoms with Crippen LogP contribution in [0.15, 0.2) is 36.4 Å². The van der Waals surface area contributed by atoms with E-state index in [1.807, 2.05) is 24.3 Å². The van der Waals surface area contributed by atoms with E-state index >= 15 is 0 Å². The molecule has 0 aromatic heterocycles. The molecule has 0 radical (unpaired) electrons. The first kappa shape index (κ1) is 29.8. The van der Waals surface area contributed by atoms with Gasteiger partial charge >= 0.3 is 0 Å². The maximum atomic E-state index is 13.1. The third-order valence-electron chi connectivity index (χ3n) is 7.00. The van der Waals surface area contributed by atoms with Crippen LogP contribution in [0, 0.1) is 0 Å². The van der Waals surface area contributed by atoms with Gasteiger partial charge in [0, 0.05) is 30.6 Å². The van der Waals surface area contributed by atoms with E-state index in [4.69, 9.17) is 16.3 Å². The number of ether oxygens (including phenoxy) is 1. The molecule has 3 rings (SSSR count). The Balaban J connectivity index is 1.43. The molecule has 0 aliphatic carbocycles. The molecule has 2 aromatic carbocycles. The number of nitrogens with zero attached hydrogens (tertiary/aromatic N) is 1. The van der Waals surface area contributed by atoms with Crippen molar-refractivity contribution in [3.63, 3.8) is 0 Å². The first-order chi connectivity index (χ1) is 18.4. The van der Waals surface area contributed by atoms with Gasteiger partial charge in [0.25, 0.3) is 5.91 Å². The molecule has 1 aliphatic rings. The van der Waals surface area contributed by atoms with Gasteiger partial charge in [-0.2, -0.15) is 0 Å². The van der Waals surface area contributed by atoms with Crippen molar-refractivity contribution >= 4 is 29.1 Å². The normalized spacial score (nSPS) is 13.4. The van der Waals surface area contributed by atoms with Crippen molar-refractivity contribution in [2.75, 3.05) is 31.6 Å². The van der Waals surface area contributed by atoms with Crippen molar-refractivity contribution in [2.45, 2.75) is 77.7 Å². The van der Waals surface area contributed by atoms with Crippen molar-refractivity contribution in [2.24, 2.45) is 0 Å². The number of halogens is 1. The van der Waals surface area contributed by atoms with Crippen molar-refractivity contribution in [3.8, 4) is 11.5 Å². The number of carbonyl (C=O) groups is 2. The van der Waals surface area contributed by atoms with E-state index in [0.29, 0.717) is 24.4 Å². The predicted octanol–water partition coefficient (Wildman–Crippen LogP) is 5.72. The van der Waals surface area contributed by atoms with Gasteiger partial charge < -0.3 is 25.4 Å². The summed E-state index contributed by atoms with van der Waals surface area (Å²) in [5.41, 5.74) is 2.53. The quantitative estimate of drug-likeness (QED) is 0.186. The molecule has 0 saturated carbocycles. The number of nitrogens with one attached hydrogen (secondary N) is 2. The molecule has 38 heavy (non-hydrogen) atoms. The highest BCUT2D eigenvalue weighted by molar-refractivity contribution is 6.30. The van der Waals surface area contributed by atoms with Crippen LogP contribution in [0.25, 0.3) is 0 Å². The molecule has 0 spiro atoms. The summed E-state index contributed by atoms with van der Waals surface area (Å²) in [6.45, 7) is 6.54. The number of aryl methyl sites for hydroxylation is 1. The molecule has 0 fully saturated rings. The molecule has 2 aromatic rings. The van der Waals surface area contributed by atoms with E-state index in [1.165, 1.54) is 5.56 Å². The zero-order chi connectivity index (χ0) is 27.3. The second kappa shape index (κ2) is 15.6. The summed E-state index contributed by atoms with van der Waals surface area (Å²) in [6, 6.07) is 11.6. The summed E-state index contributed by atoms with van der Waals surface area (Å²) in [5, 5.41) is 16.9. The van der Waals surface area contributed by atoms with E-state index in [9.17, 15) is 14.7 Å². The summed E-state index contributed by atoms with van der Waals surface area (Å²) in [7, 11) is 0. The smallest absolute Gasteiger partial charge is 0.262 e. The third kappa shape index (κ3) is 9.21. The van der Waals surface area contributed by atoms with E-state index in [-0.39, 0.29) is 30.2 Å². The molecular formula is C30H42ClN3O4. The number of carbonyl (C=O) groups excluding carboxylic acids is 2. The number of benzene rings is 2. The van der Waals surface area contributed by atoms with Crippen LogP contribution in [-0.2, 0) is 22.4 Å². The number of fused-ring (bicyclic) bond motifs is 1. The molecule has 0 unspecified atom stereocenters. The van der Waals surface area contributed by atoms with Crippen molar-refractivity contribution in [1.29, 1.82) is 0 Å². The van der Waals surface area contributed by atoms with Gasteiger partial charge in [-0.15, -0.1) is 0 Å². The van der Waals surface area contributed by atoms with Crippen LogP contribution in [0.5, 0.6) is 11.5 Å². The Morgan fingerprint density at radius 1 is 1.16 bits per heavy atom. The first-order valence-electron chi connectivity index (χ1n) is 13.9. The number of phenols is 1. The van der Waals surface area contributed by atoms with Gasteiger partial charge in [-0.25, -0.2) is 0 Å². The number of hydrogen-bond donors (Lipinski definition) is 3. The SMILES string of the molecule is CCCC[C@@H](C)N(CCCCCc1ccc(O)c2c1OCC(=O)N2)C(=O)CCNCCc1cccc(Cl)c1. The minimum absolute atomic E-state index is 0.0194. The van der Waals surface area contributed by atoms with Crippen LogP contribution in [0.2, 0.25) is 5.02 Å². The highest BCUT2D eigenvalue weighted by atomic mass is 35.5. The zero-order valence-electron chi connectivity index (χ0n) is 22.7. The van der Waals surface area contributed by atoms with Gasteiger partial charge in [0.1, 0.15) is 11.4 Å². The monoisotopic (exact) mass is 543 g/mol. The number of phenolic OH excluding ortho intramolecular Hbond substituents is 1. The Morgan fingerprint density at radius 3 is 2.79 bits per heavy atom. The molecule has 2 amide bonds. The van der Waals surface area contributed by atoms with Gasteiger partial charge in [0.2, 0.25) is 5.91 Å². The minimum atomic E-state index is -0.261. The number of aromatic hydroxyl groups is 1. The van der Waals surface area contributed by atoms with Gasteiger partial charge in [0.15, 0.2) is 12.4 Å². The maximum absolute atomic E-state index is 13.1. The highest BCUT2D eigenvalue weighted by Gasteiger charge is 2.22. The fourth-order valence-electron chi connectivity index (χ4n) is 4.82. The van der Waals surface area contributed by atoms with Crippen LogP contribution in [0.3, 0.4) is 0 Å². The lowest BCUT2D eigenvalue weighted by Gasteiger charge is -2.30. The molecular weight excluding hydrogens is 502 g/mol. The highest BCUT2D eigenvalue weighted by Crippen LogP contribution is 2.39. The molecule has 3 N–H and O–H groups in total. The molecule has 1 heterocycles. The number of hydrogen-bond acceptors (Lipinski definition) is 5. The second-order valence-corrected chi connectivity index (χ2v) is 10.5. The number of unbranched alkanes of at least 4 members (excludes halogenated alkanes) is 3. The second-order valence-electron chi connectivity index (χ2n) is 10.1. The van der Waals surface area contributed by atoms with Gasteiger partial charge in [0.05, 0.1) is 0 Å². The standard InChI is InChI=1S/C30H42ClN3O4/c1-3-4-9-22(2)34(28(37)16-18-32-17-15-23-10-8-12-25(31)20-23)19-7-5-6-11-24-13-14-26(35)29-30(24)38-21-27(36)33-29/h8,10,12-14,20,22,32,35H,3-7,9,11,15-19,21H2,1-2H3,(H,33,36)/t22-/m1/s1. The van der Waals surface area contributed by atoms with E-state index in [0.717, 1.165) is 75.0 Å². The number of rotatable bonds is 16. The van der Waals surface area contributed by atoms with E-state index in [2.05, 4.69) is 35.4 Å². The summed E-state index contributed by atoms with van der Waals surface area (Å²) < 4.78 is 5.59. The average molecular weight is 544 g/mol. The van der Waals surface area contributed by atoms with Crippen molar-refractivity contribution in [3.05, 3.63) is 52.5 Å². The maximum Gasteiger partial charge on any atom is 0.262 e. The summed E-state index contributed by atoms with van der Waals surface area (Å²) in [6.07, 6.45) is 8.27. The largest absolute Gasteiger partial charge is 0.506 e. The van der Waals surface area contributed by atoms with Gasteiger partial charge in [-0.1, -0.05) is 56.0 Å². The summed E-state index contributed by atoms with van der Waals surface area (Å²) in [5.74, 6) is 0.534. The van der Waals surface area contributed by atoms with E-state index in [1.54, 1.807) is 6.07 Å². The van der Waals surface area contributed by atoms with Gasteiger partial charge in [-0.3, -0.25) is 9.59 Å². The van der Waals surface area contributed by atoms with Crippen LogP contribution < -0.4 is 15.4 Å². The van der Waals surface area contributed by atoms with Crippen molar-refractivity contribution in [1.82, 2.24) is 10.2 Å². The average Bonchev–Trinajstić information content (AvgIpc) is 2.90. The molecule has 0 saturated heterocycles. The van der Waals surface area contributed by atoms with Crippen LogP contribution in [-0.4, -0.2) is 54.1 Å². The molecule has 208 valence electrons. The molecule has 7 nitrogen and oxygen atoms in total. The van der Waals surface area contributed by atoms with Crippen LogP contribution in [0.1, 0.15) is 69.9 Å². The van der Waals surface area contributed by atoms with Crippen molar-refractivity contribution < 1.29 is 19.4 Å². The summed E-state index contributed by atoms with van der Waals surface area (Å²) >= 11 is 6.06. The van der Waals surface area contributed by atoms with Gasteiger partial charge in [-0.05, 0) is 74.9 Å². The Morgan fingerprint density at radius 2 is 2.00 bits per heavy atom. The molecule has 8 heteroatoms. The van der Waals surface area contributed by atoms with Crippen LogP contribution in [0.4, 0.5) is 5.69 Å². The molecule has 0 bridgehead atoms. The lowest BCUT2D eigenvalue weighted by atomic mass is 10.0. The summed E-state index contributed by atoms with van der Waals surface area (Å²) in [4.78, 5) is 26.8. The molecule has 1 atom stereocenters. The number of amides is 2. The first-order valence-corrected chi connectivity index (χ1v) is 14.3. The third-order valence-corrected chi connectivity index (χ3v) is 7.23. The number of anilines is 1. The minimum Gasteiger partial charge on any atom is -0.506 e. The predicted molar refractivity (Wildman–Crippen MR) is 153 cm³/mol. The Hall–Kier alpha value is -2.77. The Kier molecular flexibility index (Phi) is 12.2. The zero-order valence-corrected chi connectivity index (χ0v) is 23.5. The van der Waals surface area contributed by atoms with E-state index < -0.39 is 0 Å². The topological polar surface area (TPSA) is 90.9 Å². The molecule has 1 aliphatic heterocycles.